The van der Waals surface area contributed by atoms with E-state index in [2.05, 4.69) is 26.1 Å². The van der Waals surface area contributed by atoms with Crippen LogP contribution in [0.25, 0.3) is 0 Å². The molecule has 1 aliphatic rings. The lowest BCUT2D eigenvalue weighted by molar-refractivity contribution is 0.0497. The molecular weight excluding hydrogens is 312 g/mol. The highest BCUT2D eigenvalue weighted by atomic mass is 35.5. The summed E-state index contributed by atoms with van der Waals surface area (Å²) in [6, 6.07) is 7.32. The molecule has 0 amide bonds. The predicted molar refractivity (Wildman–Crippen MR) is 97.0 cm³/mol. The number of rotatable bonds is 5. The van der Waals surface area contributed by atoms with Crippen LogP contribution in [0.1, 0.15) is 50.4 Å². The summed E-state index contributed by atoms with van der Waals surface area (Å²) in [6.45, 7) is 8.08. The third-order valence-electron chi connectivity index (χ3n) is 4.30. The van der Waals surface area contributed by atoms with Gasteiger partial charge in [-0.25, -0.2) is 4.79 Å². The molecule has 4 nitrogen and oxygen atoms in total. The maximum absolute atomic E-state index is 11.9. The lowest BCUT2D eigenvalue weighted by atomic mass is 9.70. The number of esters is 1. The first kappa shape index (κ1) is 19.8. The Morgan fingerprint density at radius 3 is 2.57 bits per heavy atom. The predicted octanol–water partition coefficient (Wildman–Crippen LogP) is 3.65. The third kappa shape index (κ3) is 6.40. The number of halogens is 1. The van der Waals surface area contributed by atoms with Crippen molar-refractivity contribution in [2.24, 2.45) is 11.3 Å². The van der Waals surface area contributed by atoms with Crippen LogP contribution in [-0.4, -0.2) is 25.2 Å². The van der Waals surface area contributed by atoms with Crippen LogP contribution in [0.2, 0.25) is 0 Å². The fraction of sp³-hybridized carbons (Fsp3) is 0.611. The third-order valence-corrected chi connectivity index (χ3v) is 4.30. The summed E-state index contributed by atoms with van der Waals surface area (Å²) in [5.74, 6) is 0.456. The molecule has 23 heavy (non-hydrogen) atoms. The molecule has 1 aromatic carbocycles. The number of carbonyl (C=O) groups is 1. The van der Waals surface area contributed by atoms with Crippen LogP contribution < -0.4 is 11.1 Å². The number of ether oxygens (including phenoxy) is 1. The number of anilines is 1. The summed E-state index contributed by atoms with van der Waals surface area (Å²) >= 11 is 0. The van der Waals surface area contributed by atoms with E-state index in [1.165, 1.54) is 19.3 Å². The minimum atomic E-state index is -0.292. The summed E-state index contributed by atoms with van der Waals surface area (Å²) < 4.78 is 5.30. The average molecular weight is 341 g/mol. The quantitative estimate of drug-likeness (QED) is 0.488. The minimum absolute atomic E-state index is 0. The second-order valence-electron chi connectivity index (χ2n) is 7.32. The van der Waals surface area contributed by atoms with Crippen LogP contribution in [0, 0.1) is 11.3 Å². The van der Waals surface area contributed by atoms with Gasteiger partial charge in [0.1, 0.15) is 6.61 Å². The van der Waals surface area contributed by atoms with Crippen molar-refractivity contribution >= 4 is 24.1 Å². The van der Waals surface area contributed by atoms with E-state index < -0.39 is 0 Å². The van der Waals surface area contributed by atoms with Gasteiger partial charge < -0.3 is 15.8 Å². The average Bonchev–Trinajstić information content (AvgIpc) is 2.42. The number of nitrogen functional groups attached to an aromatic ring is 1. The zero-order valence-corrected chi connectivity index (χ0v) is 15.1. The molecule has 0 spiro atoms. The number of benzene rings is 1. The summed E-state index contributed by atoms with van der Waals surface area (Å²) in [4.78, 5) is 11.9. The second kappa shape index (κ2) is 8.55. The number of nitrogens with two attached hydrogens (primary N) is 1. The van der Waals surface area contributed by atoms with Crippen molar-refractivity contribution in [3.8, 4) is 0 Å². The van der Waals surface area contributed by atoms with Gasteiger partial charge in [-0.2, -0.15) is 0 Å². The molecule has 1 aliphatic carbocycles. The number of carbonyl (C=O) groups excluding carboxylic acids is 1. The Morgan fingerprint density at radius 2 is 1.96 bits per heavy atom. The van der Waals surface area contributed by atoms with E-state index in [-0.39, 0.29) is 18.4 Å². The molecular formula is C18H29ClN2O2. The first-order valence-corrected chi connectivity index (χ1v) is 8.12. The first-order chi connectivity index (χ1) is 10.4. The van der Waals surface area contributed by atoms with Crippen LogP contribution in [0.4, 0.5) is 5.69 Å². The van der Waals surface area contributed by atoms with Crippen molar-refractivity contribution in [2.75, 3.05) is 18.9 Å². The van der Waals surface area contributed by atoms with Crippen LogP contribution >= 0.6 is 12.4 Å². The number of nitrogens with one attached hydrogen (secondary N) is 1. The molecule has 3 N–H and O–H groups in total. The maximum atomic E-state index is 11.9. The molecule has 0 saturated heterocycles. The second-order valence-corrected chi connectivity index (χ2v) is 7.32. The van der Waals surface area contributed by atoms with E-state index in [4.69, 9.17) is 10.5 Å². The minimum Gasteiger partial charge on any atom is -0.461 e. The Kier molecular flexibility index (Phi) is 7.36. The Morgan fingerprint density at radius 1 is 1.30 bits per heavy atom. The topological polar surface area (TPSA) is 64.3 Å². The fourth-order valence-corrected chi connectivity index (χ4v) is 3.61. The number of hydrogen-bond donors (Lipinski definition) is 2. The molecule has 0 aliphatic heterocycles. The fourth-order valence-electron chi connectivity index (χ4n) is 3.61. The molecule has 1 fully saturated rings. The van der Waals surface area contributed by atoms with Gasteiger partial charge in [-0.1, -0.05) is 20.8 Å². The van der Waals surface area contributed by atoms with Gasteiger partial charge in [-0.05, 0) is 54.9 Å². The molecule has 0 heterocycles. The van der Waals surface area contributed by atoms with Gasteiger partial charge in [0, 0.05) is 18.3 Å². The lowest BCUT2D eigenvalue weighted by Gasteiger charge is -2.39. The van der Waals surface area contributed by atoms with Gasteiger partial charge in [-0.15, -0.1) is 12.4 Å². The van der Waals surface area contributed by atoms with E-state index in [9.17, 15) is 4.79 Å². The van der Waals surface area contributed by atoms with Gasteiger partial charge >= 0.3 is 5.97 Å². The molecule has 0 aromatic heterocycles. The van der Waals surface area contributed by atoms with E-state index in [1.807, 2.05) is 0 Å². The molecule has 5 heteroatoms. The van der Waals surface area contributed by atoms with E-state index >= 15 is 0 Å². The van der Waals surface area contributed by atoms with E-state index in [0.717, 1.165) is 5.92 Å². The Bertz CT molecular complexity index is 502. The highest BCUT2D eigenvalue weighted by Gasteiger charge is 2.31. The summed E-state index contributed by atoms with van der Waals surface area (Å²) in [5.41, 5.74) is 7.19. The van der Waals surface area contributed by atoms with Gasteiger partial charge in [-0.3, -0.25) is 0 Å². The van der Waals surface area contributed by atoms with E-state index in [0.29, 0.717) is 35.9 Å². The van der Waals surface area contributed by atoms with Crippen molar-refractivity contribution < 1.29 is 9.53 Å². The monoisotopic (exact) mass is 340 g/mol. The Balaban J connectivity index is 0.00000264. The van der Waals surface area contributed by atoms with Crippen molar-refractivity contribution in [1.82, 2.24) is 5.32 Å². The zero-order valence-electron chi connectivity index (χ0n) is 14.3. The van der Waals surface area contributed by atoms with Crippen LogP contribution in [-0.2, 0) is 4.74 Å². The SMILES string of the molecule is CC1CC(NCCOC(=O)c2ccc(N)cc2)CC(C)(C)C1.Cl. The Labute approximate surface area is 145 Å². The van der Waals surface area contributed by atoms with Crippen molar-refractivity contribution in [1.29, 1.82) is 0 Å². The molecule has 0 radical (unpaired) electrons. The summed E-state index contributed by atoms with van der Waals surface area (Å²) in [6.07, 6.45) is 3.68. The van der Waals surface area contributed by atoms with Gasteiger partial charge in [0.2, 0.25) is 0 Å². The molecule has 1 aromatic rings. The molecule has 2 atom stereocenters. The van der Waals surface area contributed by atoms with Crippen LogP contribution in [0.15, 0.2) is 24.3 Å². The summed E-state index contributed by atoms with van der Waals surface area (Å²) in [5, 5.41) is 3.53. The van der Waals surface area contributed by atoms with E-state index in [1.54, 1.807) is 24.3 Å². The standard InChI is InChI=1S/C18H28N2O2.ClH/c1-13-10-16(12-18(2,3)11-13)20-8-9-22-17(21)14-4-6-15(19)7-5-14;/h4-7,13,16,20H,8-12,19H2,1-3H3;1H. The molecule has 0 bridgehead atoms. The van der Waals surface area contributed by atoms with Crippen LogP contribution in [0.5, 0.6) is 0 Å². The Hall–Kier alpha value is -1.26. The first-order valence-electron chi connectivity index (χ1n) is 8.12. The van der Waals surface area contributed by atoms with Gasteiger partial charge in [0.15, 0.2) is 0 Å². The van der Waals surface area contributed by atoms with Crippen LogP contribution in [0.3, 0.4) is 0 Å². The number of hydrogen-bond acceptors (Lipinski definition) is 4. The highest BCUT2D eigenvalue weighted by molar-refractivity contribution is 5.89. The van der Waals surface area contributed by atoms with Crippen molar-refractivity contribution in [3.63, 3.8) is 0 Å². The molecule has 2 unspecified atom stereocenters. The highest BCUT2D eigenvalue weighted by Crippen LogP contribution is 2.38. The summed E-state index contributed by atoms with van der Waals surface area (Å²) in [7, 11) is 0. The molecule has 130 valence electrons. The lowest BCUT2D eigenvalue weighted by Crippen LogP contribution is -2.41. The maximum Gasteiger partial charge on any atom is 0.338 e. The van der Waals surface area contributed by atoms with Crippen molar-refractivity contribution in [2.45, 2.75) is 46.1 Å². The smallest absolute Gasteiger partial charge is 0.338 e. The van der Waals surface area contributed by atoms with Gasteiger partial charge in [0.25, 0.3) is 0 Å². The largest absolute Gasteiger partial charge is 0.461 e. The normalized spacial score (nSPS) is 22.9. The van der Waals surface area contributed by atoms with Crippen molar-refractivity contribution in [3.05, 3.63) is 29.8 Å². The molecule has 2 rings (SSSR count). The van der Waals surface area contributed by atoms with Gasteiger partial charge in [0.05, 0.1) is 5.56 Å². The molecule has 1 saturated carbocycles. The zero-order chi connectivity index (χ0) is 16.2.